The first-order chi connectivity index (χ1) is 20.0. The SMILES string of the molecule is COc1cc(O)c2c3c1O[C@H]1[C@H](N(C)C(=O)C=Cc4ccccc4)CC[C@H]4[C@@H](C2)N(CCc2ccccc2)CC[C@@]341. The molecule has 5 atom stereocenters. The maximum absolute atomic E-state index is 13.5. The quantitative estimate of drug-likeness (QED) is 0.409. The summed E-state index contributed by atoms with van der Waals surface area (Å²) in [6.45, 7) is 1.97. The van der Waals surface area contributed by atoms with E-state index >= 15 is 0 Å². The molecule has 212 valence electrons. The number of phenols is 1. The minimum absolute atomic E-state index is 0.0176. The molecule has 1 saturated carbocycles. The summed E-state index contributed by atoms with van der Waals surface area (Å²) in [5.74, 6) is 2.05. The van der Waals surface area contributed by atoms with Crippen LogP contribution in [0.4, 0.5) is 0 Å². The van der Waals surface area contributed by atoms with E-state index in [2.05, 4.69) is 35.2 Å². The van der Waals surface area contributed by atoms with Gasteiger partial charge in [0, 0.05) is 48.3 Å². The Balaban J connectivity index is 1.23. The Hall–Kier alpha value is -3.77. The molecule has 2 aliphatic carbocycles. The first-order valence-corrected chi connectivity index (χ1v) is 14.9. The van der Waals surface area contributed by atoms with Gasteiger partial charge in [0.25, 0.3) is 0 Å². The molecule has 1 spiro atoms. The van der Waals surface area contributed by atoms with Crippen LogP contribution in [0.5, 0.6) is 17.2 Å². The van der Waals surface area contributed by atoms with E-state index in [1.54, 1.807) is 19.3 Å². The first kappa shape index (κ1) is 26.1. The van der Waals surface area contributed by atoms with E-state index in [1.165, 1.54) is 5.56 Å². The van der Waals surface area contributed by atoms with Crippen LogP contribution in [0.1, 0.15) is 41.5 Å². The Morgan fingerprint density at radius 3 is 2.66 bits per heavy atom. The van der Waals surface area contributed by atoms with E-state index < -0.39 is 0 Å². The number of ether oxygens (including phenoxy) is 2. The summed E-state index contributed by atoms with van der Waals surface area (Å²) in [5, 5.41) is 11.3. The zero-order chi connectivity index (χ0) is 28.1. The van der Waals surface area contributed by atoms with Crippen LogP contribution in [0.3, 0.4) is 0 Å². The fourth-order valence-corrected chi connectivity index (χ4v) is 8.41. The van der Waals surface area contributed by atoms with Gasteiger partial charge in [0.15, 0.2) is 11.5 Å². The lowest BCUT2D eigenvalue weighted by atomic mass is 9.50. The number of amides is 1. The highest BCUT2D eigenvalue weighted by Crippen LogP contribution is 2.65. The minimum atomic E-state index is -0.247. The van der Waals surface area contributed by atoms with Crippen molar-refractivity contribution in [3.63, 3.8) is 0 Å². The van der Waals surface area contributed by atoms with Crippen LogP contribution in [0.2, 0.25) is 0 Å². The largest absolute Gasteiger partial charge is 0.508 e. The van der Waals surface area contributed by atoms with Gasteiger partial charge in [-0.1, -0.05) is 60.7 Å². The molecular weight excluding hydrogens is 512 g/mol. The third kappa shape index (κ3) is 4.14. The van der Waals surface area contributed by atoms with Crippen molar-refractivity contribution in [3.8, 4) is 17.2 Å². The van der Waals surface area contributed by atoms with Gasteiger partial charge in [-0.15, -0.1) is 0 Å². The molecule has 6 heteroatoms. The molecule has 0 unspecified atom stereocenters. The molecule has 3 aromatic carbocycles. The van der Waals surface area contributed by atoms with E-state index in [0.29, 0.717) is 23.5 Å². The number of likely N-dealkylation sites (tertiary alicyclic amines) is 1. The van der Waals surface area contributed by atoms with E-state index in [1.807, 2.05) is 48.4 Å². The van der Waals surface area contributed by atoms with Gasteiger partial charge in [0.05, 0.1) is 13.2 Å². The summed E-state index contributed by atoms with van der Waals surface area (Å²) in [7, 11) is 3.55. The zero-order valence-electron chi connectivity index (χ0n) is 23.8. The molecular formula is C35H38N2O4. The van der Waals surface area contributed by atoms with E-state index in [4.69, 9.17) is 9.47 Å². The van der Waals surface area contributed by atoms with Crippen molar-refractivity contribution in [3.05, 3.63) is 95.1 Å². The summed E-state index contributed by atoms with van der Waals surface area (Å²) in [5.41, 5.74) is 4.27. The predicted octanol–water partition coefficient (Wildman–Crippen LogP) is 5.22. The molecule has 0 radical (unpaired) electrons. The highest BCUT2D eigenvalue weighted by Gasteiger charge is 2.66. The maximum atomic E-state index is 13.5. The minimum Gasteiger partial charge on any atom is -0.508 e. The average molecular weight is 551 g/mol. The van der Waals surface area contributed by atoms with Crippen LogP contribution >= 0.6 is 0 Å². The molecule has 0 aromatic heterocycles. The van der Waals surface area contributed by atoms with Gasteiger partial charge in [-0.2, -0.15) is 0 Å². The second-order valence-corrected chi connectivity index (χ2v) is 12.1. The third-order valence-corrected chi connectivity index (χ3v) is 10.3. The topological polar surface area (TPSA) is 62.2 Å². The number of carbonyl (C=O) groups is 1. The number of hydrogen-bond donors (Lipinski definition) is 1. The number of piperidine rings is 1. The Kier molecular flexibility index (Phi) is 6.54. The van der Waals surface area contributed by atoms with Crippen LogP contribution in [-0.4, -0.2) is 66.2 Å². The molecule has 7 rings (SSSR count). The number of carbonyl (C=O) groups excluding carboxylic acids is 1. The second kappa shape index (κ2) is 10.3. The van der Waals surface area contributed by atoms with Crippen molar-refractivity contribution in [2.75, 3.05) is 27.2 Å². The first-order valence-electron chi connectivity index (χ1n) is 14.9. The Morgan fingerprint density at radius 2 is 1.90 bits per heavy atom. The lowest BCUT2D eigenvalue weighted by Crippen LogP contribution is -2.69. The van der Waals surface area contributed by atoms with E-state index in [0.717, 1.165) is 67.6 Å². The van der Waals surface area contributed by atoms with Gasteiger partial charge in [-0.3, -0.25) is 9.69 Å². The van der Waals surface area contributed by atoms with Crippen molar-refractivity contribution in [1.29, 1.82) is 0 Å². The van der Waals surface area contributed by atoms with Crippen LogP contribution in [0.25, 0.3) is 6.08 Å². The Morgan fingerprint density at radius 1 is 1.15 bits per heavy atom. The van der Waals surface area contributed by atoms with Crippen molar-refractivity contribution in [2.24, 2.45) is 5.92 Å². The maximum Gasteiger partial charge on any atom is 0.246 e. The molecule has 6 nitrogen and oxygen atoms in total. The normalized spacial score (nSPS) is 27.8. The lowest BCUT2D eigenvalue weighted by molar-refractivity contribution is -0.135. The monoisotopic (exact) mass is 550 g/mol. The van der Waals surface area contributed by atoms with Gasteiger partial charge < -0.3 is 19.5 Å². The average Bonchev–Trinajstić information content (AvgIpc) is 3.35. The highest BCUT2D eigenvalue weighted by molar-refractivity contribution is 5.92. The standard InChI is InChI=1S/C35H38N2O4/c1-36(31(39)16-13-23-9-5-3-6-10-23)27-15-14-26-28-21-25-29(38)22-30(40-2)33-32(25)35(26,34(27)41-33)18-20-37(28)19-17-24-11-7-4-8-12-24/h3-13,16,22,26-28,34,38H,14-15,17-21H2,1-2H3/t26-,27+,28+,34-,35-/m0/s1. The molecule has 1 N–H and O–H groups in total. The van der Waals surface area contributed by atoms with Crippen LogP contribution in [0.15, 0.2) is 72.8 Å². The number of phenolic OH excluding ortho intramolecular Hbond substituents is 1. The summed E-state index contributed by atoms with van der Waals surface area (Å²) >= 11 is 0. The van der Waals surface area contributed by atoms with Crippen molar-refractivity contribution in [2.45, 2.75) is 55.7 Å². The highest BCUT2D eigenvalue weighted by atomic mass is 16.5. The summed E-state index contributed by atoms with van der Waals surface area (Å²) < 4.78 is 12.6. The third-order valence-electron chi connectivity index (χ3n) is 10.3. The number of likely N-dealkylation sites (N-methyl/N-ethyl adjacent to an activating group) is 1. The van der Waals surface area contributed by atoms with Crippen LogP contribution in [0, 0.1) is 5.92 Å². The smallest absolute Gasteiger partial charge is 0.246 e. The van der Waals surface area contributed by atoms with Crippen molar-refractivity contribution in [1.82, 2.24) is 9.80 Å². The molecule has 3 aromatic rings. The van der Waals surface area contributed by atoms with E-state index in [-0.39, 0.29) is 23.5 Å². The second-order valence-electron chi connectivity index (χ2n) is 12.1. The Labute approximate surface area is 242 Å². The fourth-order valence-electron chi connectivity index (χ4n) is 8.41. The van der Waals surface area contributed by atoms with Gasteiger partial charge in [0.1, 0.15) is 11.9 Å². The number of benzene rings is 3. The Bertz CT molecular complexity index is 1470. The zero-order valence-corrected chi connectivity index (χ0v) is 23.8. The molecule has 41 heavy (non-hydrogen) atoms. The predicted molar refractivity (Wildman–Crippen MR) is 159 cm³/mol. The fraction of sp³-hybridized carbons (Fsp3) is 0.400. The molecule has 2 fully saturated rings. The summed E-state index contributed by atoms with van der Waals surface area (Å²) in [6, 6.07) is 22.6. The number of methoxy groups -OCH3 is 1. The van der Waals surface area contributed by atoms with E-state index in [9.17, 15) is 9.90 Å². The van der Waals surface area contributed by atoms with Gasteiger partial charge >= 0.3 is 0 Å². The van der Waals surface area contributed by atoms with Crippen molar-refractivity contribution >= 4 is 12.0 Å². The molecule has 2 aliphatic heterocycles. The van der Waals surface area contributed by atoms with Gasteiger partial charge in [-0.05, 0) is 61.8 Å². The van der Waals surface area contributed by atoms with Gasteiger partial charge in [-0.25, -0.2) is 0 Å². The molecule has 1 amide bonds. The number of aromatic hydroxyl groups is 1. The molecule has 2 heterocycles. The van der Waals surface area contributed by atoms with Crippen LogP contribution < -0.4 is 9.47 Å². The van der Waals surface area contributed by atoms with Crippen LogP contribution in [-0.2, 0) is 23.1 Å². The number of rotatable bonds is 7. The molecule has 4 aliphatic rings. The van der Waals surface area contributed by atoms with Crippen molar-refractivity contribution < 1.29 is 19.4 Å². The molecule has 1 saturated heterocycles. The summed E-state index contributed by atoms with van der Waals surface area (Å²) in [6.07, 6.45) is 8.06. The summed E-state index contributed by atoms with van der Waals surface area (Å²) in [4.78, 5) is 18.0. The molecule has 2 bridgehead atoms. The number of hydrogen-bond acceptors (Lipinski definition) is 5. The lowest BCUT2D eigenvalue weighted by Gasteiger charge is -2.60. The van der Waals surface area contributed by atoms with Gasteiger partial charge in [0.2, 0.25) is 5.91 Å². The number of nitrogens with zero attached hydrogens (tertiary/aromatic N) is 2.